The van der Waals surface area contributed by atoms with Gasteiger partial charge in [-0.25, -0.2) is 4.39 Å². The van der Waals surface area contributed by atoms with Gasteiger partial charge >= 0.3 is 0 Å². The van der Waals surface area contributed by atoms with Crippen LogP contribution in [-0.4, -0.2) is 37.0 Å². The molecule has 1 aromatic rings. The van der Waals surface area contributed by atoms with Crippen molar-refractivity contribution in [1.29, 1.82) is 0 Å². The molecule has 1 N–H and O–H groups in total. The summed E-state index contributed by atoms with van der Waals surface area (Å²) in [6, 6.07) is 4.75. The zero-order chi connectivity index (χ0) is 13.8. The molecule has 2 rings (SSSR count). The lowest BCUT2D eigenvalue weighted by atomic mass is 10.1. The lowest BCUT2D eigenvalue weighted by Gasteiger charge is -2.14. The van der Waals surface area contributed by atoms with Crippen LogP contribution in [-0.2, 0) is 0 Å². The highest BCUT2D eigenvalue weighted by atomic mass is 79.9. The molecule has 0 aromatic heterocycles. The number of benzene rings is 1. The van der Waals surface area contributed by atoms with Crippen molar-refractivity contribution in [1.82, 2.24) is 10.2 Å². The predicted molar refractivity (Wildman–Crippen MR) is 76.7 cm³/mol. The van der Waals surface area contributed by atoms with Crippen molar-refractivity contribution in [2.24, 2.45) is 5.92 Å². The summed E-state index contributed by atoms with van der Waals surface area (Å²) in [7, 11) is 0. The standard InChI is InChI=1S/C14H18BrFN2O/c1-2-18-7-6-10(9-18)8-17-14(19)11-4-3-5-12(15)13(11)16/h3-5,10H,2,6-9H2,1H3,(H,17,19). The normalized spacial score (nSPS) is 19.6. The molecule has 1 fully saturated rings. The number of nitrogens with zero attached hydrogens (tertiary/aromatic N) is 1. The van der Waals surface area contributed by atoms with Gasteiger partial charge in [-0.05, 0) is 53.5 Å². The zero-order valence-corrected chi connectivity index (χ0v) is 12.5. The first-order chi connectivity index (χ1) is 9.11. The number of halogens is 2. The Hall–Kier alpha value is -0.940. The summed E-state index contributed by atoms with van der Waals surface area (Å²) in [6.45, 7) is 5.89. The fourth-order valence-corrected chi connectivity index (χ4v) is 2.74. The molecule has 1 aliphatic heterocycles. The first kappa shape index (κ1) is 14.5. The van der Waals surface area contributed by atoms with Gasteiger partial charge in [0.05, 0.1) is 10.0 Å². The van der Waals surface area contributed by atoms with Crippen molar-refractivity contribution < 1.29 is 9.18 Å². The second-order valence-electron chi connectivity index (χ2n) is 4.86. The molecule has 1 unspecified atom stereocenters. The maximum absolute atomic E-state index is 13.8. The summed E-state index contributed by atoms with van der Waals surface area (Å²) in [6.07, 6.45) is 1.09. The van der Waals surface area contributed by atoms with Gasteiger partial charge in [0.15, 0.2) is 0 Å². The van der Waals surface area contributed by atoms with Crippen molar-refractivity contribution >= 4 is 21.8 Å². The van der Waals surface area contributed by atoms with Crippen LogP contribution in [0.25, 0.3) is 0 Å². The molecule has 1 aromatic carbocycles. The van der Waals surface area contributed by atoms with Crippen LogP contribution in [0.4, 0.5) is 4.39 Å². The smallest absolute Gasteiger partial charge is 0.254 e. The average molecular weight is 329 g/mol. The largest absolute Gasteiger partial charge is 0.352 e. The van der Waals surface area contributed by atoms with E-state index in [1.165, 1.54) is 6.07 Å². The molecule has 1 saturated heterocycles. The summed E-state index contributed by atoms with van der Waals surface area (Å²) < 4.78 is 14.1. The predicted octanol–water partition coefficient (Wildman–Crippen LogP) is 2.66. The van der Waals surface area contributed by atoms with Gasteiger partial charge in [-0.15, -0.1) is 0 Å². The Morgan fingerprint density at radius 2 is 2.37 bits per heavy atom. The third-order valence-electron chi connectivity index (χ3n) is 3.56. The fraction of sp³-hybridized carbons (Fsp3) is 0.500. The van der Waals surface area contributed by atoms with Crippen LogP contribution < -0.4 is 5.32 Å². The highest BCUT2D eigenvalue weighted by molar-refractivity contribution is 9.10. The van der Waals surface area contributed by atoms with Crippen molar-refractivity contribution in [2.75, 3.05) is 26.2 Å². The molecule has 0 bridgehead atoms. The van der Waals surface area contributed by atoms with Crippen LogP contribution in [0, 0.1) is 11.7 Å². The second-order valence-corrected chi connectivity index (χ2v) is 5.71. The molecule has 0 aliphatic carbocycles. The monoisotopic (exact) mass is 328 g/mol. The van der Waals surface area contributed by atoms with E-state index in [0.29, 0.717) is 16.9 Å². The minimum Gasteiger partial charge on any atom is -0.352 e. The lowest BCUT2D eigenvalue weighted by molar-refractivity contribution is 0.0943. The SMILES string of the molecule is CCN1CCC(CNC(=O)c2cccc(Br)c2F)C1. The summed E-state index contributed by atoms with van der Waals surface area (Å²) in [4.78, 5) is 14.3. The van der Waals surface area contributed by atoms with Crippen LogP contribution in [0.1, 0.15) is 23.7 Å². The maximum atomic E-state index is 13.8. The number of carbonyl (C=O) groups is 1. The number of hydrogen-bond acceptors (Lipinski definition) is 2. The molecule has 19 heavy (non-hydrogen) atoms. The zero-order valence-electron chi connectivity index (χ0n) is 11.0. The molecular weight excluding hydrogens is 311 g/mol. The van der Waals surface area contributed by atoms with Crippen molar-refractivity contribution in [3.8, 4) is 0 Å². The minimum atomic E-state index is -0.499. The van der Waals surface area contributed by atoms with E-state index >= 15 is 0 Å². The van der Waals surface area contributed by atoms with Gasteiger partial charge in [0.2, 0.25) is 0 Å². The quantitative estimate of drug-likeness (QED) is 0.921. The molecule has 1 amide bonds. The number of likely N-dealkylation sites (tertiary alicyclic amines) is 1. The molecule has 0 spiro atoms. The summed E-state index contributed by atoms with van der Waals surface area (Å²) in [5, 5.41) is 2.83. The highest BCUT2D eigenvalue weighted by Gasteiger charge is 2.22. The first-order valence-electron chi connectivity index (χ1n) is 6.56. The fourth-order valence-electron chi connectivity index (χ4n) is 2.38. The molecule has 1 heterocycles. The Balaban J connectivity index is 1.90. The van der Waals surface area contributed by atoms with Crippen LogP contribution in [0.3, 0.4) is 0 Å². The third kappa shape index (κ3) is 3.54. The number of carbonyl (C=O) groups excluding carboxylic acids is 1. The molecule has 3 nitrogen and oxygen atoms in total. The van der Waals surface area contributed by atoms with Gasteiger partial charge in [-0.2, -0.15) is 0 Å². The number of rotatable bonds is 4. The summed E-state index contributed by atoms with van der Waals surface area (Å²) in [5.41, 5.74) is 0.0970. The van der Waals surface area contributed by atoms with Gasteiger partial charge in [-0.1, -0.05) is 13.0 Å². The lowest BCUT2D eigenvalue weighted by Crippen LogP contribution is -2.31. The first-order valence-corrected chi connectivity index (χ1v) is 7.35. The van der Waals surface area contributed by atoms with Gasteiger partial charge in [0, 0.05) is 13.1 Å². The van der Waals surface area contributed by atoms with E-state index in [9.17, 15) is 9.18 Å². The molecule has 1 aliphatic rings. The van der Waals surface area contributed by atoms with E-state index in [0.717, 1.165) is 26.1 Å². The van der Waals surface area contributed by atoms with Crippen LogP contribution in [0.15, 0.2) is 22.7 Å². The van der Waals surface area contributed by atoms with Gasteiger partial charge in [-0.3, -0.25) is 4.79 Å². The van der Waals surface area contributed by atoms with E-state index in [2.05, 4.69) is 33.1 Å². The number of hydrogen-bond donors (Lipinski definition) is 1. The number of nitrogens with one attached hydrogen (secondary N) is 1. The highest BCUT2D eigenvalue weighted by Crippen LogP contribution is 2.19. The van der Waals surface area contributed by atoms with Crippen molar-refractivity contribution in [3.05, 3.63) is 34.1 Å². The van der Waals surface area contributed by atoms with E-state index in [-0.39, 0.29) is 11.5 Å². The van der Waals surface area contributed by atoms with E-state index in [1.54, 1.807) is 12.1 Å². The van der Waals surface area contributed by atoms with Gasteiger partial charge < -0.3 is 10.2 Å². The summed E-state index contributed by atoms with van der Waals surface area (Å²) in [5.74, 6) is -0.366. The molecule has 0 saturated carbocycles. The Bertz CT molecular complexity index is 467. The van der Waals surface area contributed by atoms with E-state index < -0.39 is 5.82 Å². The molecule has 1 atom stereocenters. The second kappa shape index (κ2) is 6.48. The van der Waals surface area contributed by atoms with Crippen molar-refractivity contribution in [3.63, 3.8) is 0 Å². The van der Waals surface area contributed by atoms with Crippen LogP contribution in [0.5, 0.6) is 0 Å². The van der Waals surface area contributed by atoms with Gasteiger partial charge in [0.1, 0.15) is 5.82 Å². The Morgan fingerprint density at radius 3 is 3.05 bits per heavy atom. The summed E-state index contributed by atoms with van der Waals surface area (Å²) >= 11 is 3.09. The Labute approximate surface area is 121 Å². The van der Waals surface area contributed by atoms with Crippen LogP contribution >= 0.6 is 15.9 Å². The third-order valence-corrected chi connectivity index (χ3v) is 4.18. The van der Waals surface area contributed by atoms with E-state index in [4.69, 9.17) is 0 Å². The Kier molecular flexibility index (Phi) is 4.93. The molecule has 5 heteroatoms. The minimum absolute atomic E-state index is 0.0970. The molecular formula is C14H18BrFN2O. The van der Waals surface area contributed by atoms with Gasteiger partial charge in [0.25, 0.3) is 5.91 Å². The number of amides is 1. The van der Waals surface area contributed by atoms with Crippen LogP contribution in [0.2, 0.25) is 0 Å². The Morgan fingerprint density at radius 1 is 1.58 bits per heavy atom. The average Bonchev–Trinajstić information content (AvgIpc) is 2.87. The molecule has 104 valence electrons. The van der Waals surface area contributed by atoms with Crippen molar-refractivity contribution in [2.45, 2.75) is 13.3 Å². The maximum Gasteiger partial charge on any atom is 0.254 e. The topological polar surface area (TPSA) is 32.3 Å². The van der Waals surface area contributed by atoms with E-state index in [1.807, 2.05) is 0 Å². The molecule has 0 radical (unpaired) electrons.